The number of carbonyl (C=O) groups excluding carboxylic acids is 1. The number of ether oxygens (including phenoxy) is 3. The lowest BCUT2D eigenvalue weighted by Crippen LogP contribution is -2.21. The molecule has 0 spiro atoms. The number of nitrogens with two attached hydrogens (primary N) is 1. The van der Waals surface area contributed by atoms with Crippen LogP contribution in [0.25, 0.3) is 0 Å². The summed E-state index contributed by atoms with van der Waals surface area (Å²) in [6.45, 7) is 2.19. The van der Waals surface area contributed by atoms with Crippen molar-refractivity contribution in [2.45, 2.75) is 19.4 Å². The van der Waals surface area contributed by atoms with Gasteiger partial charge in [0.1, 0.15) is 29.6 Å². The zero-order valence-corrected chi connectivity index (χ0v) is 18.9. The first-order valence-electron chi connectivity index (χ1n) is 9.69. The van der Waals surface area contributed by atoms with Gasteiger partial charge in [0.2, 0.25) is 5.88 Å². The highest BCUT2D eigenvalue weighted by Gasteiger charge is 2.37. The maximum absolute atomic E-state index is 12.3. The fourth-order valence-corrected chi connectivity index (χ4v) is 5.03. The number of carbonyl (C=O) groups is 1. The van der Waals surface area contributed by atoms with E-state index in [0.29, 0.717) is 34.3 Å². The Morgan fingerprint density at radius 3 is 2.69 bits per heavy atom. The summed E-state index contributed by atoms with van der Waals surface area (Å²) in [6.07, 6.45) is 0. The van der Waals surface area contributed by atoms with Gasteiger partial charge in [-0.3, -0.25) is 0 Å². The van der Waals surface area contributed by atoms with E-state index in [1.165, 1.54) is 18.4 Å². The summed E-state index contributed by atoms with van der Waals surface area (Å²) >= 11 is 7.41. The van der Waals surface area contributed by atoms with Crippen LogP contribution in [0.1, 0.15) is 37.2 Å². The number of benzene rings is 2. The predicted octanol–water partition coefficient (Wildman–Crippen LogP) is 5.29. The number of hydrogen-bond acceptors (Lipinski definition) is 7. The monoisotopic (exact) mass is 466 g/mol. The zero-order chi connectivity index (χ0) is 22.8. The van der Waals surface area contributed by atoms with Crippen molar-refractivity contribution >= 4 is 28.9 Å². The van der Waals surface area contributed by atoms with E-state index in [4.69, 9.17) is 31.5 Å². The van der Waals surface area contributed by atoms with Crippen molar-refractivity contribution in [2.75, 3.05) is 7.11 Å². The number of aryl methyl sites for hydroxylation is 1. The Morgan fingerprint density at radius 1 is 1.28 bits per heavy atom. The number of fused-ring (bicyclic) bond motifs is 1. The molecule has 3 aromatic rings. The summed E-state index contributed by atoms with van der Waals surface area (Å²) in [4.78, 5) is 13.8. The molecule has 0 saturated carbocycles. The van der Waals surface area contributed by atoms with Gasteiger partial charge in [-0.1, -0.05) is 35.9 Å². The third-order valence-corrected chi connectivity index (χ3v) is 6.50. The highest BCUT2D eigenvalue weighted by Crippen LogP contribution is 2.49. The summed E-state index contributed by atoms with van der Waals surface area (Å²) in [5.41, 5.74) is 8.48. The lowest BCUT2D eigenvalue weighted by atomic mass is 9.88. The second-order valence-electron chi connectivity index (χ2n) is 7.13. The number of allylic oxidation sites excluding steroid dienone is 1. The Labute approximate surface area is 194 Å². The van der Waals surface area contributed by atoms with Gasteiger partial charge < -0.3 is 19.9 Å². The maximum atomic E-state index is 12.3. The molecule has 1 unspecified atom stereocenters. The molecule has 0 bridgehead atoms. The first-order chi connectivity index (χ1) is 15.4. The molecule has 32 heavy (non-hydrogen) atoms. The maximum Gasteiger partial charge on any atom is 0.342 e. The second kappa shape index (κ2) is 8.95. The molecule has 0 radical (unpaired) electrons. The van der Waals surface area contributed by atoms with E-state index in [1.54, 1.807) is 0 Å². The van der Waals surface area contributed by atoms with Crippen molar-refractivity contribution < 1.29 is 19.0 Å². The molecule has 0 amide bonds. The van der Waals surface area contributed by atoms with Crippen molar-refractivity contribution in [2.24, 2.45) is 5.73 Å². The molecule has 162 valence electrons. The van der Waals surface area contributed by atoms with Crippen LogP contribution in [0.2, 0.25) is 5.02 Å². The average molecular weight is 467 g/mol. The van der Waals surface area contributed by atoms with Crippen molar-refractivity contribution in [3.63, 3.8) is 0 Å². The minimum Gasteiger partial charge on any atom is -0.489 e. The van der Waals surface area contributed by atoms with E-state index in [2.05, 4.69) is 6.07 Å². The van der Waals surface area contributed by atoms with Crippen LogP contribution in [0.15, 0.2) is 60.0 Å². The number of methoxy groups -OCH3 is 1. The van der Waals surface area contributed by atoms with Gasteiger partial charge in [0, 0.05) is 9.90 Å². The molecule has 4 rings (SSSR count). The number of nitrogens with zero attached hydrogens (tertiary/aromatic N) is 1. The standard InChI is InChI=1S/C24H19ClN2O4S/c1-13-19(24(28)29-2)21-22(32-13)20(18(11-26)23(27)31-21)15-6-8-17(9-7-15)30-12-14-4-3-5-16(25)10-14/h3-10,20H,12,27H2,1-2H3. The summed E-state index contributed by atoms with van der Waals surface area (Å²) in [5, 5.41) is 10.4. The summed E-state index contributed by atoms with van der Waals surface area (Å²) < 4.78 is 16.4. The smallest absolute Gasteiger partial charge is 0.342 e. The predicted molar refractivity (Wildman–Crippen MR) is 122 cm³/mol. The summed E-state index contributed by atoms with van der Waals surface area (Å²) in [6, 6.07) is 17.1. The number of thiophene rings is 1. The molecular weight excluding hydrogens is 448 g/mol. The zero-order valence-electron chi connectivity index (χ0n) is 17.3. The summed E-state index contributed by atoms with van der Waals surface area (Å²) in [7, 11) is 1.31. The molecule has 1 atom stereocenters. The Bertz CT molecular complexity index is 1260. The van der Waals surface area contributed by atoms with Gasteiger partial charge >= 0.3 is 5.97 Å². The van der Waals surface area contributed by atoms with Crippen molar-refractivity contribution in [3.05, 3.63) is 91.5 Å². The number of esters is 1. The van der Waals surface area contributed by atoms with Crippen molar-refractivity contribution in [3.8, 4) is 17.6 Å². The number of rotatable bonds is 5. The quantitative estimate of drug-likeness (QED) is 0.513. The molecule has 1 aliphatic heterocycles. The highest BCUT2D eigenvalue weighted by atomic mass is 35.5. The first-order valence-corrected chi connectivity index (χ1v) is 10.9. The molecule has 2 N–H and O–H groups in total. The lowest BCUT2D eigenvalue weighted by molar-refractivity contribution is 0.0597. The van der Waals surface area contributed by atoms with Crippen LogP contribution >= 0.6 is 22.9 Å². The molecular formula is C24H19ClN2O4S. The fourth-order valence-electron chi connectivity index (χ4n) is 3.60. The Hall–Kier alpha value is -3.47. The topological polar surface area (TPSA) is 94.6 Å². The van der Waals surface area contributed by atoms with Crippen LogP contribution in [-0.4, -0.2) is 13.1 Å². The van der Waals surface area contributed by atoms with Crippen LogP contribution < -0.4 is 15.2 Å². The largest absolute Gasteiger partial charge is 0.489 e. The molecule has 8 heteroatoms. The van der Waals surface area contributed by atoms with Gasteiger partial charge in [-0.15, -0.1) is 11.3 Å². The molecule has 0 aliphatic carbocycles. The molecule has 6 nitrogen and oxygen atoms in total. The third kappa shape index (κ3) is 4.03. The van der Waals surface area contributed by atoms with Crippen LogP contribution in [0, 0.1) is 18.3 Å². The minimum absolute atomic E-state index is 0.0192. The van der Waals surface area contributed by atoms with E-state index < -0.39 is 11.9 Å². The van der Waals surface area contributed by atoms with E-state index in [0.717, 1.165) is 20.9 Å². The van der Waals surface area contributed by atoms with Crippen LogP contribution in [0.5, 0.6) is 11.5 Å². The minimum atomic E-state index is -0.503. The van der Waals surface area contributed by atoms with Crippen LogP contribution in [-0.2, 0) is 11.3 Å². The van der Waals surface area contributed by atoms with E-state index >= 15 is 0 Å². The molecule has 2 heterocycles. The molecule has 1 aromatic heterocycles. The number of halogens is 1. The third-order valence-electron chi connectivity index (χ3n) is 5.11. The van der Waals surface area contributed by atoms with Gasteiger partial charge in [-0.2, -0.15) is 5.26 Å². The van der Waals surface area contributed by atoms with Gasteiger partial charge in [-0.25, -0.2) is 4.79 Å². The van der Waals surface area contributed by atoms with Gasteiger partial charge in [0.15, 0.2) is 5.75 Å². The first kappa shape index (κ1) is 21.8. The van der Waals surface area contributed by atoms with Crippen molar-refractivity contribution in [1.82, 2.24) is 0 Å². The Balaban J connectivity index is 1.65. The van der Waals surface area contributed by atoms with Gasteiger partial charge in [0.25, 0.3) is 0 Å². The van der Waals surface area contributed by atoms with Crippen LogP contribution in [0.4, 0.5) is 0 Å². The van der Waals surface area contributed by atoms with E-state index in [-0.39, 0.29) is 5.88 Å². The highest BCUT2D eigenvalue weighted by molar-refractivity contribution is 7.12. The molecule has 2 aromatic carbocycles. The van der Waals surface area contributed by atoms with Crippen LogP contribution in [0.3, 0.4) is 0 Å². The van der Waals surface area contributed by atoms with Gasteiger partial charge in [0.05, 0.1) is 17.9 Å². The average Bonchev–Trinajstić information content (AvgIpc) is 3.12. The SMILES string of the molecule is COC(=O)c1c(C)sc2c1OC(N)=C(C#N)C2c1ccc(OCc2cccc(Cl)c2)cc1. The Kier molecular flexibility index (Phi) is 6.08. The molecule has 0 saturated heterocycles. The second-order valence-corrected chi connectivity index (χ2v) is 8.82. The van der Waals surface area contributed by atoms with E-state index in [1.807, 2.05) is 55.5 Å². The Morgan fingerprint density at radius 2 is 2.03 bits per heavy atom. The number of nitriles is 1. The summed E-state index contributed by atoms with van der Waals surface area (Å²) in [5.74, 6) is 0.0509. The van der Waals surface area contributed by atoms with Crippen molar-refractivity contribution in [1.29, 1.82) is 5.26 Å². The molecule has 0 fully saturated rings. The van der Waals surface area contributed by atoms with Gasteiger partial charge in [-0.05, 0) is 42.3 Å². The molecule has 1 aliphatic rings. The fraction of sp³-hybridized carbons (Fsp3) is 0.167. The lowest BCUT2D eigenvalue weighted by Gasteiger charge is -2.24. The van der Waals surface area contributed by atoms with E-state index in [9.17, 15) is 10.1 Å². The number of hydrogen-bond donors (Lipinski definition) is 1. The normalized spacial score (nSPS) is 14.9.